The molecule has 0 saturated heterocycles. The molecule has 1 aliphatic heterocycles. The molecule has 0 aromatic heterocycles. The minimum atomic E-state index is -0.610. The van der Waals surface area contributed by atoms with Crippen molar-refractivity contribution >= 4 is 52.4 Å². The quantitative estimate of drug-likeness (QED) is 0.286. The number of hydrogen-bond acceptors (Lipinski definition) is 6. The van der Waals surface area contributed by atoms with E-state index in [9.17, 15) is 19.2 Å². The van der Waals surface area contributed by atoms with Crippen LogP contribution >= 0.6 is 11.6 Å². The fourth-order valence-corrected chi connectivity index (χ4v) is 4.02. The third kappa shape index (κ3) is 5.60. The van der Waals surface area contributed by atoms with Crippen LogP contribution in [0.25, 0.3) is 0 Å². The Bertz CT molecular complexity index is 1410. The molecule has 0 spiro atoms. The van der Waals surface area contributed by atoms with Crippen molar-refractivity contribution in [3.63, 3.8) is 0 Å². The average Bonchev–Trinajstić information content (AvgIpc) is 3.12. The summed E-state index contributed by atoms with van der Waals surface area (Å²) in [6, 6.07) is 19.9. The zero-order valence-electron chi connectivity index (χ0n) is 21.1. The first kappa shape index (κ1) is 26.6. The Morgan fingerprint density at radius 2 is 1.42 bits per heavy atom. The van der Waals surface area contributed by atoms with Gasteiger partial charge in [0.05, 0.1) is 17.9 Å². The smallest absolute Gasteiger partial charge is 0.338 e. The second-order valence-electron chi connectivity index (χ2n) is 8.84. The van der Waals surface area contributed by atoms with E-state index in [2.05, 4.69) is 24.5 Å². The van der Waals surface area contributed by atoms with E-state index in [1.54, 1.807) is 67.6 Å². The van der Waals surface area contributed by atoms with Crippen molar-refractivity contribution in [2.75, 3.05) is 22.1 Å². The molecule has 0 fully saturated rings. The van der Waals surface area contributed by atoms with Crippen LogP contribution in [-0.4, -0.2) is 30.3 Å². The Kier molecular flexibility index (Phi) is 7.93. The van der Waals surface area contributed by atoms with Gasteiger partial charge >= 0.3 is 5.97 Å². The average molecular weight is 532 g/mol. The minimum Gasteiger partial charge on any atom is -0.462 e. The van der Waals surface area contributed by atoms with Gasteiger partial charge in [-0.2, -0.15) is 0 Å². The number of imide groups is 1. The highest BCUT2D eigenvalue weighted by atomic mass is 35.5. The number of esters is 1. The van der Waals surface area contributed by atoms with Crippen molar-refractivity contribution in [2.45, 2.75) is 26.7 Å². The summed E-state index contributed by atoms with van der Waals surface area (Å²) in [4.78, 5) is 51.2. The van der Waals surface area contributed by atoms with E-state index in [4.69, 9.17) is 16.3 Å². The Hall–Kier alpha value is -4.43. The second kappa shape index (κ2) is 11.3. The molecular formula is C29H26ClN3O5. The van der Waals surface area contributed by atoms with Crippen LogP contribution in [0.1, 0.15) is 53.0 Å². The minimum absolute atomic E-state index is 0.0384. The molecule has 9 heteroatoms. The first-order valence-corrected chi connectivity index (χ1v) is 12.4. The van der Waals surface area contributed by atoms with Crippen LogP contribution < -0.4 is 15.5 Å². The molecule has 8 nitrogen and oxygen atoms in total. The van der Waals surface area contributed by atoms with Crippen molar-refractivity contribution in [3.05, 3.63) is 100 Å². The summed E-state index contributed by atoms with van der Waals surface area (Å²) < 4.78 is 4.95. The third-order valence-corrected chi connectivity index (χ3v) is 6.27. The summed E-state index contributed by atoms with van der Waals surface area (Å²) in [6.45, 7) is 6.12. The molecule has 0 unspecified atom stereocenters. The van der Waals surface area contributed by atoms with Crippen LogP contribution in [-0.2, 0) is 14.3 Å². The first-order valence-electron chi connectivity index (χ1n) is 12.0. The molecule has 1 aliphatic rings. The summed E-state index contributed by atoms with van der Waals surface area (Å²) in [5, 5.41) is 5.45. The Labute approximate surface area is 225 Å². The SMILES string of the molecule is CCOC(=O)c1ccc(NC(=O)c2ccc(NC3=C(Cl)C(=O)N(c4ccc(C(C)C)cc4)C3=O)cc2)cc1. The molecule has 3 aromatic carbocycles. The molecule has 38 heavy (non-hydrogen) atoms. The maximum absolute atomic E-state index is 13.0. The number of halogens is 1. The fraction of sp³-hybridized carbons (Fsp3) is 0.172. The molecule has 3 amide bonds. The van der Waals surface area contributed by atoms with Crippen LogP contribution in [0.4, 0.5) is 17.1 Å². The molecule has 0 radical (unpaired) electrons. The zero-order valence-corrected chi connectivity index (χ0v) is 21.8. The van der Waals surface area contributed by atoms with Crippen molar-refractivity contribution in [1.82, 2.24) is 0 Å². The van der Waals surface area contributed by atoms with Gasteiger partial charge in [-0.3, -0.25) is 14.4 Å². The Balaban J connectivity index is 1.41. The monoisotopic (exact) mass is 531 g/mol. The molecule has 0 bridgehead atoms. The molecule has 2 N–H and O–H groups in total. The fourth-order valence-electron chi connectivity index (χ4n) is 3.81. The second-order valence-corrected chi connectivity index (χ2v) is 9.21. The van der Waals surface area contributed by atoms with E-state index >= 15 is 0 Å². The molecule has 0 atom stereocenters. The lowest BCUT2D eigenvalue weighted by Crippen LogP contribution is -2.32. The van der Waals surface area contributed by atoms with Crippen molar-refractivity contribution in [1.29, 1.82) is 0 Å². The maximum Gasteiger partial charge on any atom is 0.338 e. The number of benzene rings is 3. The van der Waals surface area contributed by atoms with Gasteiger partial charge in [-0.1, -0.05) is 37.6 Å². The van der Waals surface area contributed by atoms with Gasteiger partial charge in [-0.15, -0.1) is 0 Å². The molecular weight excluding hydrogens is 506 g/mol. The van der Waals surface area contributed by atoms with Crippen molar-refractivity contribution < 1.29 is 23.9 Å². The summed E-state index contributed by atoms with van der Waals surface area (Å²) in [7, 11) is 0. The predicted octanol–water partition coefficient (Wildman–Crippen LogP) is 5.67. The number of carbonyl (C=O) groups excluding carboxylic acids is 4. The zero-order chi connectivity index (χ0) is 27.4. The molecule has 0 saturated carbocycles. The number of ether oxygens (including phenoxy) is 1. The van der Waals surface area contributed by atoms with Gasteiger partial charge in [-0.25, -0.2) is 9.69 Å². The number of anilines is 3. The van der Waals surface area contributed by atoms with Crippen LogP contribution in [0, 0.1) is 0 Å². The van der Waals surface area contributed by atoms with Crippen molar-refractivity contribution in [3.8, 4) is 0 Å². The Morgan fingerprint density at radius 1 is 0.842 bits per heavy atom. The third-order valence-electron chi connectivity index (χ3n) is 5.92. The van der Waals surface area contributed by atoms with Gasteiger partial charge in [-0.05, 0) is 79.1 Å². The number of hydrogen-bond donors (Lipinski definition) is 2. The van der Waals surface area contributed by atoms with Crippen molar-refractivity contribution in [2.24, 2.45) is 0 Å². The van der Waals surface area contributed by atoms with Crippen LogP contribution in [0.5, 0.6) is 0 Å². The highest BCUT2D eigenvalue weighted by Gasteiger charge is 2.39. The van der Waals surface area contributed by atoms with E-state index in [0.717, 1.165) is 10.5 Å². The first-order chi connectivity index (χ1) is 18.2. The highest BCUT2D eigenvalue weighted by molar-refractivity contribution is 6.53. The molecule has 1 heterocycles. The molecule has 3 aromatic rings. The molecule has 4 rings (SSSR count). The van der Waals surface area contributed by atoms with E-state index in [1.165, 1.54) is 0 Å². The summed E-state index contributed by atoms with van der Waals surface area (Å²) in [6.07, 6.45) is 0. The van der Waals surface area contributed by atoms with Gasteiger partial charge < -0.3 is 15.4 Å². The van der Waals surface area contributed by atoms with Gasteiger partial charge in [0.1, 0.15) is 10.7 Å². The largest absolute Gasteiger partial charge is 0.462 e. The topological polar surface area (TPSA) is 105 Å². The number of rotatable bonds is 8. The number of nitrogens with one attached hydrogen (secondary N) is 2. The molecule has 0 aliphatic carbocycles. The summed E-state index contributed by atoms with van der Waals surface area (Å²) in [5.41, 5.74) is 3.23. The summed E-state index contributed by atoms with van der Waals surface area (Å²) >= 11 is 6.23. The number of nitrogens with zero attached hydrogens (tertiary/aromatic N) is 1. The van der Waals surface area contributed by atoms with Gasteiger partial charge in [0.25, 0.3) is 17.7 Å². The maximum atomic E-state index is 13.0. The lowest BCUT2D eigenvalue weighted by Gasteiger charge is -2.16. The van der Waals surface area contributed by atoms with Crippen LogP contribution in [0.15, 0.2) is 83.5 Å². The standard InChI is InChI=1S/C29H26ClN3O5/c1-4-38-29(37)20-7-13-22(14-8-20)32-26(34)19-5-11-21(12-6-19)31-25-24(30)27(35)33(28(25)36)23-15-9-18(10-16-23)17(2)3/h5-17,31H,4H2,1-3H3,(H,32,34). The lowest BCUT2D eigenvalue weighted by atomic mass is 10.0. The van der Waals surface area contributed by atoms with E-state index in [0.29, 0.717) is 34.1 Å². The van der Waals surface area contributed by atoms with Gasteiger partial charge in [0.15, 0.2) is 0 Å². The summed E-state index contributed by atoms with van der Waals surface area (Å²) in [5.74, 6) is -1.65. The highest BCUT2D eigenvalue weighted by Crippen LogP contribution is 2.31. The van der Waals surface area contributed by atoms with E-state index in [1.807, 2.05) is 12.1 Å². The molecule has 194 valence electrons. The van der Waals surface area contributed by atoms with Crippen LogP contribution in [0.2, 0.25) is 0 Å². The normalized spacial score (nSPS) is 13.2. The Morgan fingerprint density at radius 3 is 2.00 bits per heavy atom. The van der Waals surface area contributed by atoms with E-state index < -0.39 is 17.8 Å². The number of carbonyl (C=O) groups is 4. The number of amides is 3. The van der Waals surface area contributed by atoms with Gasteiger partial charge in [0, 0.05) is 16.9 Å². The van der Waals surface area contributed by atoms with E-state index in [-0.39, 0.29) is 23.2 Å². The lowest BCUT2D eigenvalue weighted by molar-refractivity contribution is -0.120. The predicted molar refractivity (Wildman–Crippen MR) is 146 cm³/mol. The van der Waals surface area contributed by atoms with Crippen LogP contribution in [0.3, 0.4) is 0 Å². The van der Waals surface area contributed by atoms with Gasteiger partial charge in [0.2, 0.25) is 0 Å².